The average Bonchev–Trinajstić information content (AvgIpc) is 2.81. The third-order valence-electron chi connectivity index (χ3n) is 4.85. The Morgan fingerprint density at radius 1 is 1.07 bits per heavy atom. The second kappa shape index (κ2) is 8.34. The highest BCUT2D eigenvalue weighted by Crippen LogP contribution is 2.13. The van der Waals surface area contributed by atoms with E-state index in [1.807, 2.05) is 0 Å². The van der Waals surface area contributed by atoms with Gasteiger partial charge in [0.15, 0.2) is 0 Å². The van der Waals surface area contributed by atoms with Gasteiger partial charge in [0.25, 0.3) is 17.4 Å². The second-order valence-electron chi connectivity index (χ2n) is 6.71. The predicted octanol–water partition coefficient (Wildman–Crippen LogP) is 1.43. The molecule has 0 unspecified atom stereocenters. The van der Waals surface area contributed by atoms with E-state index < -0.39 is 11.5 Å². The van der Waals surface area contributed by atoms with Crippen LogP contribution < -0.4 is 15.6 Å². The first kappa shape index (κ1) is 19.6. The van der Waals surface area contributed by atoms with Gasteiger partial charge < -0.3 is 19.7 Å². The predicted molar refractivity (Wildman–Crippen MR) is 109 cm³/mol. The molecule has 154 valence electrons. The quantitative estimate of drug-likeness (QED) is 0.701. The molecule has 1 N–H and O–H groups in total. The van der Waals surface area contributed by atoms with E-state index in [4.69, 9.17) is 9.47 Å². The number of aromatic nitrogens is 2. The van der Waals surface area contributed by atoms with Crippen molar-refractivity contribution in [3.05, 3.63) is 70.3 Å². The van der Waals surface area contributed by atoms with Crippen LogP contribution in [-0.4, -0.2) is 59.5 Å². The van der Waals surface area contributed by atoms with Crippen molar-refractivity contribution in [2.45, 2.75) is 0 Å². The highest BCUT2D eigenvalue weighted by molar-refractivity contribution is 6.04. The Hall–Kier alpha value is -3.72. The molecule has 1 saturated heterocycles. The van der Waals surface area contributed by atoms with Crippen LogP contribution in [0.1, 0.15) is 20.7 Å². The number of nitrogens with one attached hydrogen (secondary N) is 1. The van der Waals surface area contributed by atoms with Crippen LogP contribution in [-0.2, 0) is 4.74 Å². The SMILES string of the molecule is COc1ccc(C(=O)Nc2cnc3ccc(C(=O)N4CCOCC4)cn3c2=O)cc1. The Bertz CT molecular complexity index is 1150. The molecule has 2 aromatic heterocycles. The van der Waals surface area contributed by atoms with Gasteiger partial charge in [-0.1, -0.05) is 0 Å². The average molecular weight is 408 g/mol. The van der Waals surface area contributed by atoms with Crippen molar-refractivity contribution < 1.29 is 19.1 Å². The molecule has 1 aliphatic rings. The van der Waals surface area contributed by atoms with E-state index in [1.165, 1.54) is 23.9 Å². The van der Waals surface area contributed by atoms with Crippen molar-refractivity contribution in [2.24, 2.45) is 0 Å². The highest BCUT2D eigenvalue weighted by atomic mass is 16.5. The number of carbonyl (C=O) groups excluding carboxylic acids is 2. The van der Waals surface area contributed by atoms with E-state index in [2.05, 4.69) is 10.3 Å². The summed E-state index contributed by atoms with van der Waals surface area (Å²) >= 11 is 0. The maximum atomic E-state index is 12.9. The summed E-state index contributed by atoms with van der Waals surface area (Å²) in [7, 11) is 1.54. The molecule has 0 atom stereocenters. The number of rotatable bonds is 4. The van der Waals surface area contributed by atoms with Crippen LogP contribution in [0.4, 0.5) is 5.69 Å². The van der Waals surface area contributed by atoms with Gasteiger partial charge in [-0.15, -0.1) is 0 Å². The number of nitrogens with zero attached hydrogens (tertiary/aromatic N) is 3. The summed E-state index contributed by atoms with van der Waals surface area (Å²) in [6, 6.07) is 9.74. The molecule has 30 heavy (non-hydrogen) atoms. The van der Waals surface area contributed by atoms with Crippen LogP contribution in [0.2, 0.25) is 0 Å². The molecule has 1 fully saturated rings. The van der Waals surface area contributed by atoms with Gasteiger partial charge in [0.05, 0.1) is 32.1 Å². The summed E-state index contributed by atoms with van der Waals surface area (Å²) in [5.74, 6) is -0.00622. The summed E-state index contributed by atoms with van der Waals surface area (Å²) < 4.78 is 11.6. The number of morpholine rings is 1. The zero-order valence-electron chi connectivity index (χ0n) is 16.3. The first-order chi connectivity index (χ1) is 14.6. The molecule has 9 heteroatoms. The Morgan fingerprint density at radius 3 is 2.47 bits per heavy atom. The molecule has 2 amide bonds. The fraction of sp³-hybridized carbons (Fsp3) is 0.238. The molecule has 0 spiro atoms. The Labute approximate surface area is 171 Å². The second-order valence-corrected chi connectivity index (χ2v) is 6.71. The van der Waals surface area contributed by atoms with E-state index in [1.54, 1.807) is 41.3 Å². The summed E-state index contributed by atoms with van der Waals surface area (Å²) in [6.45, 7) is 1.98. The van der Waals surface area contributed by atoms with Crippen LogP contribution >= 0.6 is 0 Å². The first-order valence-electron chi connectivity index (χ1n) is 9.40. The molecule has 1 aliphatic heterocycles. The van der Waals surface area contributed by atoms with E-state index in [9.17, 15) is 14.4 Å². The van der Waals surface area contributed by atoms with Gasteiger partial charge in [0, 0.05) is 24.8 Å². The smallest absolute Gasteiger partial charge is 0.281 e. The van der Waals surface area contributed by atoms with Crippen molar-refractivity contribution >= 4 is 23.1 Å². The molecular weight excluding hydrogens is 388 g/mol. The van der Waals surface area contributed by atoms with E-state index in [0.717, 1.165) is 0 Å². The first-order valence-corrected chi connectivity index (χ1v) is 9.40. The summed E-state index contributed by atoms with van der Waals surface area (Å²) in [6.07, 6.45) is 2.76. The molecule has 1 aromatic carbocycles. The van der Waals surface area contributed by atoms with Gasteiger partial charge in [-0.05, 0) is 36.4 Å². The third-order valence-corrected chi connectivity index (χ3v) is 4.85. The number of ether oxygens (including phenoxy) is 2. The lowest BCUT2D eigenvalue weighted by atomic mass is 10.2. The molecular formula is C21H20N4O5. The Balaban J connectivity index is 1.61. The lowest BCUT2D eigenvalue weighted by Gasteiger charge is -2.26. The molecule has 9 nitrogen and oxygen atoms in total. The zero-order chi connectivity index (χ0) is 21.1. The summed E-state index contributed by atoms with van der Waals surface area (Å²) in [5.41, 5.74) is 0.659. The van der Waals surface area contributed by atoms with Crippen LogP contribution in [0.3, 0.4) is 0 Å². The highest BCUT2D eigenvalue weighted by Gasteiger charge is 2.19. The minimum absolute atomic E-state index is 0.0179. The van der Waals surface area contributed by atoms with Crippen molar-refractivity contribution in [2.75, 3.05) is 38.7 Å². The van der Waals surface area contributed by atoms with E-state index >= 15 is 0 Å². The molecule has 0 radical (unpaired) electrons. The number of amides is 2. The minimum Gasteiger partial charge on any atom is -0.497 e. The number of pyridine rings is 1. The van der Waals surface area contributed by atoms with Gasteiger partial charge in [-0.25, -0.2) is 4.98 Å². The van der Waals surface area contributed by atoms with Crippen molar-refractivity contribution in [3.8, 4) is 5.75 Å². The number of anilines is 1. The van der Waals surface area contributed by atoms with Gasteiger partial charge in [-0.3, -0.25) is 18.8 Å². The minimum atomic E-state index is -0.474. The van der Waals surface area contributed by atoms with Gasteiger partial charge in [0.2, 0.25) is 0 Å². The summed E-state index contributed by atoms with van der Waals surface area (Å²) in [5, 5.41) is 2.58. The number of carbonyl (C=O) groups is 2. The topological polar surface area (TPSA) is 102 Å². The number of hydrogen-bond acceptors (Lipinski definition) is 6. The number of methoxy groups -OCH3 is 1. The maximum absolute atomic E-state index is 12.9. The van der Waals surface area contributed by atoms with Crippen LogP contribution in [0, 0.1) is 0 Å². The molecule has 3 aromatic rings. The van der Waals surface area contributed by atoms with Crippen molar-refractivity contribution in [1.82, 2.24) is 14.3 Å². The standard InChI is InChI=1S/C21H20N4O5/c1-29-16-5-2-14(3-6-16)19(26)23-17-12-22-18-7-4-15(13-25(18)21(17)28)20(27)24-8-10-30-11-9-24/h2-7,12-13H,8-11H2,1H3,(H,23,26). The van der Waals surface area contributed by atoms with Crippen LogP contribution in [0.25, 0.3) is 5.65 Å². The number of benzene rings is 1. The van der Waals surface area contributed by atoms with Crippen molar-refractivity contribution in [1.29, 1.82) is 0 Å². The molecule has 3 heterocycles. The zero-order valence-corrected chi connectivity index (χ0v) is 16.3. The lowest BCUT2D eigenvalue weighted by Crippen LogP contribution is -2.40. The normalized spacial score (nSPS) is 13.8. The fourth-order valence-corrected chi connectivity index (χ4v) is 3.17. The number of fused-ring (bicyclic) bond motifs is 1. The molecule has 4 rings (SSSR count). The largest absolute Gasteiger partial charge is 0.497 e. The molecule has 0 aliphatic carbocycles. The van der Waals surface area contributed by atoms with Gasteiger partial charge >= 0.3 is 0 Å². The van der Waals surface area contributed by atoms with Crippen molar-refractivity contribution in [3.63, 3.8) is 0 Å². The maximum Gasteiger partial charge on any atom is 0.281 e. The Morgan fingerprint density at radius 2 is 1.77 bits per heavy atom. The fourth-order valence-electron chi connectivity index (χ4n) is 3.17. The van der Waals surface area contributed by atoms with E-state index in [0.29, 0.717) is 48.8 Å². The van der Waals surface area contributed by atoms with Crippen LogP contribution in [0.5, 0.6) is 5.75 Å². The van der Waals surface area contributed by atoms with Crippen LogP contribution in [0.15, 0.2) is 53.6 Å². The molecule has 0 bridgehead atoms. The number of hydrogen-bond donors (Lipinski definition) is 1. The van der Waals surface area contributed by atoms with Gasteiger partial charge in [-0.2, -0.15) is 0 Å². The molecule has 0 saturated carbocycles. The summed E-state index contributed by atoms with van der Waals surface area (Å²) in [4.78, 5) is 44.0. The Kier molecular flexibility index (Phi) is 5.44. The monoisotopic (exact) mass is 408 g/mol. The van der Waals surface area contributed by atoms with Gasteiger partial charge in [0.1, 0.15) is 17.1 Å². The third kappa shape index (κ3) is 3.87. The lowest BCUT2D eigenvalue weighted by molar-refractivity contribution is 0.0302. The van der Waals surface area contributed by atoms with E-state index in [-0.39, 0.29) is 11.6 Å².